The molecule has 3 aliphatic heterocycles. The van der Waals surface area contributed by atoms with Crippen molar-refractivity contribution in [1.82, 2.24) is 0 Å². The Balaban J connectivity index is 1.15. The molecule has 9 aromatic carbocycles. The summed E-state index contributed by atoms with van der Waals surface area (Å²) in [4.78, 5) is 8.24. The van der Waals surface area contributed by atoms with Crippen molar-refractivity contribution >= 4 is 68.6 Å². The monoisotopic (exact) mass is 1030 g/mol. The third kappa shape index (κ3) is 7.67. The second kappa shape index (κ2) is 18.2. The molecule has 79 heavy (non-hydrogen) atoms. The minimum absolute atomic E-state index is 0.0148. The van der Waals surface area contributed by atoms with Crippen LogP contribution in [0.2, 0.25) is 0 Å². The van der Waals surface area contributed by atoms with Gasteiger partial charge in [-0.2, -0.15) is 0 Å². The zero-order valence-corrected chi connectivity index (χ0v) is 47.9. The van der Waals surface area contributed by atoms with Gasteiger partial charge in [0.1, 0.15) is 0 Å². The molecule has 0 spiro atoms. The van der Waals surface area contributed by atoms with Crippen molar-refractivity contribution in [1.29, 1.82) is 0 Å². The molecule has 2 aliphatic carbocycles. The SMILES string of the molecule is CC(C)C1CCC(C)(C)c2cc3c(cc21)N(c1ccc(C(C)(C)C)cc1-c1ccccc1)c1cc(N2c4ccccc4C4(C)CCCCC24C)cc2c1B3c1ccc(-c3ccccc3)cc1N2c1cccc(-c2ccccc2)c1. The lowest BCUT2D eigenvalue weighted by Gasteiger charge is -2.51. The van der Waals surface area contributed by atoms with E-state index in [0.29, 0.717) is 11.8 Å². The molecular weight excluding hydrogens is 954 g/mol. The van der Waals surface area contributed by atoms with Gasteiger partial charge in [0.15, 0.2) is 0 Å². The molecule has 0 N–H and O–H groups in total. The second-order valence-electron chi connectivity index (χ2n) is 26.3. The van der Waals surface area contributed by atoms with Gasteiger partial charge in [-0.25, -0.2) is 0 Å². The maximum atomic E-state index is 2.82. The van der Waals surface area contributed by atoms with E-state index < -0.39 is 0 Å². The molecule has 392 valence electrons. The van der Waals surface area contributed by atoms with Crippen LogP contribution in [-0.4, -0.2) is 12.3 Å². The lowest BCUT2D eigenvalue weighted by Crippen LogP contribution is -2.62. The highest BCUT2D eigenvalue weighted by Crippen LogP contribution is 2.62. The smallest absolute Gasteiger partial charge is 0.252 e. The first-order chi connectivity index (χ1) is 38.1. The van der Waals surface area contributed by atoms with Gasteiger partial charge < -0.3 is 14.7 Å². The van der Waals surface area contributed by atoms with Crippen molar-refractivity contribution in [2.75, 3.05) is 14.7 Å². The summed E-state index contributed by atoms with van der Waals surface area (Å²) in [6.07, 6.45) is 7.11. The highest BCUT2D eigenvalue weighted by molar-refractivity contribution is 7.00. The Kier molecular flexibility index (Phi) is 11.5. The summed E-state index contributed by atoms with van der Waals surface area (Å²) in [5.74, 6) is 0.967. The molecule has 3 nitrogen and oxygen atoms in total. The van der Waals surface area contributed by atoms with E-state index in [-0.39, 0.29) is 28.5 Å². The van der Waals surface area contributed by atoms with Crippen LogP contribution in [0.3, 0.4) is 0 Å². The Morgan fingerprint density at radius 1 is 0.468 bits per heavy atom. The van der Waals surface area contributed by atoms with Gasteiger partial charge in [0.2, 0.25) is 0 Å². The quantitative estimate of drug-likeness (QED) is 0.147. The molecule has 0 aromatic heterocycles. The largest absolute Gasteiger partial charge is 0.334 e. The summed E-state index contributed by atoms with van der Waals surface area (Å²) in [6, 6.07) is 77.5. The first kappa shape index (κ1) is 49.7. The van der Waals surface area contributed by atoms with Gasteiger partial charge in [-0.05, 0) is 176 Å². The first-order valence-electron chi connectivity index (χ1n) is 29.5. The van der Waals surface area contributed by atoms with Crippen LogP contribution in [0.4, 0.5) is 45.5 Å². The second-order valence-corrected chi connectivity index (χ2v) is 26.3. The van der Waals surface area contributed by atoms with E-state index >= 15 is 0 Å². The fourth-order valence-corrected chi connectivity index (χ4v) is 15.5. The maximum absolute atomic E-state index is 2.82. The van der Waals surface area contributed by atoms with Crippen molar-refractivity contribution in [3.63, 3.8) is 0 Å². The van der Waals surface area contributed by atoms with Crippen LogP contribution in [0.1, 0.15) is 129 Å². The van der Waals surface area contributed by atoms with Crippen LogP contribution in [-0.2, 0) is 16.2 Å². The van der Waals surface area contributed by atoms with Crippen LogP contribution in [0.5, 0.6) is 0 Å². The standard InChI is InChI=1S/C75H74BN3/c1-49(2)58-38-41-73(6,7)62-48-64-68(47-60(58)62)78(65-37-35-55(72(3,4)5)44-59(65)52-28-17-12-18-29-52)70-46-57(79-66-33-20-19-32-61(66)74(8)39-21-22-40-75(74,79)9)45-69-71(70)76(64)63-36-34-54(51-26-15-11-16-27-51)43-67(63)77(69)56-31-23-30-53(42-56)50-24-13-10-14-25-50/h10-20,23-37,42-49,58H,21-22,38-41H2,1-9H3. The van der Waals surface area contributed by atoms with E-state index in [1.54, 1.807) is 0 Å². The summed E-state index contributed by atoms with van der Waals surface area (Å²) in [7, 11) is 0. The summed E-state index contributed by atoms with van der Waals surface area (Å²) in [5, 5.41) is 0. The van der Waals surface area contributed by atoms with Gasteiger partial charge in [-0.1, -0.05) is 214 Å². The number of benzene rings is 9. The molecule has 0 saturated heterocycles. The highest BCUT2D eigenvalue weighted by Gasteiger charge is 2.58. The minimum atomic E-state index is -0.156. The van der Waals surface area contributed by atoms with Crippen LogP contribution in [0, 0.1) is 5.92 Å². The van der Waals surface area contributed by atoms with Gasteiger partial charge in [0.25, 0.3) is 6.71 Å². The Morgan fingerprint density at radius 2 is 1.09 bits per heavy atom. The van der Waals surface area contributed by atoms with E-state index in [9.17, 15) is 0 Å². The lowest BCUT2D eigenvalue weighted by atomic mass is 9.33. The fraction of sp³-hybridized carbons (Fsp3) is 0.280. The Bertz CT molecular complexity index is 3850. The predicted octanol–water partition coefficient (Wildman–Crippen LogP) is 18.6. The van der Waals surface area contributed by atoms with Crippen molar-refractivity contribution in [3.05, 3.63) is 222 Å². The molecule has 3 unspecified atom stereocenters. The summed E-state index contributed by atoms with van der Waals surface area (Å²) < 4.78 is 0. The molecule has 0 bridgehead atoms. The lowest BCUT2D eigenvalue weighted by molar-refractivity contribution is 0.195. The highest BCUT2D eigenvalue weighted by atomic mass is 15.3. The van der Waals surface area contributed by atoms with Crippen molar-refractivity contribution in [3.8, 4) is 33.4 Å². The summed E-state index contributed by atoms with van der Waals surface area (Å²) in [5.41, 5.74) is 27.1. The number of fused-ring (bicyclic) bond motifs is 8. The number of rotatable bonds is 7. The topological polar surface area (TPSA) is 9.72 Å². The van der Waals surface area contributed by atoms with E-state index in [1.165, 1.54) is 144 Å². The van der Waals surface area contributed by atoms with Crippen LogP contribution in [0.25, 0.3) is 33.4 Å². The van der Waals surface area contributed by atoms with Gasteiger partial charge in [0.05, 0.1) is 11.2 Å². The van der Waals surface area contributed by atoms with Gasteiger partial charge in [-0.3, -0.25) is 0 Å². The third-order valence-electron chi connectivity index (χ3n) is 20.0. The van der Waals surface area contributed by atoms with E-state index in [1.807, 2.05) is 0 Å². The average molecular weight is 1030 g/mol. The predicted molar refractivity (Wildman–Crippen MR) is 338 cm³/mol. The van der Waals surface area contributed by atoms with Gasteiger partial charge in [0, 0.05) is 50.8 Å². The molecule has 9 aromatic rings. The molecule has 5 aliphatic rings. The van der Waals surface area contributed by atoms with Crippen molar-refractivity contribution < 1.29 is 0 Å². The first-order valence-corrected chi connectivity index (χ1v) is 29.5. The summed E-state index contributed by atoms with van der Waals surface area (Å²) >= 11 is 0. The normalized spacial score (nSPS) is 20.5. The molecule has 4 heteroatoms. The van der Waals surface area contributed by atoms with E-state index in [0.717, 1.165) is 12.1 Å². The van der Waals surface area contributed by atoms with Crippen molar-refractivity contribution in [2.45, 2.75) is 129 Å². The molecule has 1 saturated carbocycles. The molecule has 0 amide bonds. The average Bonchev–Trinajstić information content (AvgIpc) is 3.94. The number of para-hydroxylation sites is 1. The van der Waals surface area contributed by atoms with Crippen LogP contribution < -0.4 is 31.1 Å². The molecular formula is C75H74BN3. The zero-order chi connectivity index (χ0) is 54.2. The van der Waals surface area contributed by atoms with Crippen molar-refractivity contribution in [2.24, 2.45) is 5.92 Å². The molecule has 3 atom stereocenters. The third-order valence-corrected chi connectivity index (χ3v) is 20.0. The Labute approximate surface area is 471 Å². The molecule has 0 radical (unpaired) electrons. The van der Waals surface area contributed by atoms with E-state index in [4.69, 9.17) is 0 Å². The minimum Gasteiger partial charge on any atom is -0.334 e. The number of hydrogen-bond acceptors (Lipinski definition) is 3. The molecule has 3 heterocycles. The fourth-order valence-electron chi connectivity index (χ4n) is 15.5. The van der Waals surface area contributed by atoms with Crippen LogP contribution in [0.15, 0.2) is 200 Å². The van der Waals surface area contributed by atoms with Crippen LogP contribution >= 0.6 is 0 Å². The maximum Gasteiger partial charge on any atom is 0.252 e. The van der Waals surface area contributed by atoms with Gasteiger partial charge >= 0.3 is 0 Å². The Hall–Kier alpha value is -7.56. The number of nitrogens with zero attached hydrogens (tertiary/aromatic N) is 3. The van der Waals surface area contributed by atoms with Gasteiger partial charge in [-0.15, -0.1) is 0 Å². The molecule has 1 fully saturated rings. The summed E-state index contributed by atoms with van der Waals surface area (Å²) in [6.45, 7) is 22.1. The molecule has 14 rings (SSSR count). The number of anilines is 8. The zero-order valence-electron chi connectivity index (χ0n) is 47.9. The van der Waals surface area contributed by atoms with E-state index in [2.05, 4.69) is 277 Å². The number of hydrogen-bond donors (Lipinski definition) is 0. The Morgan fingerprint density at radius 3 is 1.78 bits per heavy atom.